The predicted octanol–water partition coefficient (Wildman–Crippen LogP) is 2.85. The van der Waals surface area contributed by atoms with Crippen molar-refractivity contribution in [3.8, 4) is 5.75 Å². The molecule has 10 heteroatoms. The fourth-order valence-corrected chi connectivity index (χ4v) is 1.81. The van der Waals surface area contributed by atoms with E-state index < -0.39 is 29.5 Å². The van der Waals surface area contributed by atoms with Crippen molar-refractivity contribution in [1.82, 2.24) is 0 Å². The Balaban J connectivity index is 2.92. The summed E-state index contributed by atoms with van der Waals surface area (Å²) in [5.74, 6) is -3.48. The summed E-state index contributed by atoms with van der Waals surface area (Å²) in [5, 5.41) is 17.6. The molecule has 0 heterocycles. The van der Waals surface area contributed by atoms with Crippen LogP contribution in [0, 0.1) is 21.4 Å². The number of amidine groups is 1. The Morgan fingerprint density at radius 2 is 2.15 bits per heavy atom. The second-order valence-corrected chi connectivity index (χ2v) is 4.50. The maximum atomic E-state index is 12.6. The summed E-state index contributed by atoms with van der Waals surface area (Å²) in [6.45, 7) is -0.932. The Bertz CT molecular complexity index is 536. The molecule has 0 saturated heterocycles. The number of nitro benzene ring substituents is 1. The number of hydrogen-bond acceptors (Lipinski definition) is 4. The minimum absolute atomic E-state index is 0.0746. The summed E-state index contributed by atoms with van der Waals surface area (Å²) < 4.78 is 42.5. The van der Waals surface area contributed by atoms with Crippen LogP contribution in [0.5, 0.6) is 5.75 Å². The largest absolute Gasteiger partial charge is 0.491 e. The number of nitrogens with two attached hydrogens (primary N) is 1. The van der Waals surface area contributed by atoms with E-state index in [4.69, 9.17) is 15.9 Å². The Morgan fingerprint density at radius 3 is 2.60 bits per heavy atom. The number of benzene rings is 1. The van der Waals surface area contributed by atoms with Crippen LogP contribution in [0.4, 0.5) is 18.9 Å². The number of nitrogens with zero attached hydrogens (tertiary/aromatic N) is 1. The quantitative estimate of drug-likeness (QED) is 0.367. The van der Waals surface area contributed by atoms with E-state index in [-0.39, 0.29) is 15.9 Å². The van der Waals surface area contributed by atoms with E-state index in [9.17, 15) is 23.3 Å². The minimum Gasteiger partial charge on any atom is -0.491 e. The van der Waals surface area contributed by atoms with Crippen LogP contribution in [0.25, 0.3) is 0 Å². The highest BCUT2D eigenvalue weighted by atomic mass is 79.9. The van der Waals surface area contributed by atoms with Gasteiger partial charge in [0.1, 0.15) is 28.6 Å². The number of hydrogen-bond donors (Lipinski definition) is 2. The minimum atomic E-state index is -4.72. The lowest BCUT2D eigenvalue weighted by atomic mass is 10.1. The first-order chi connectivity index (χ1) is 9.14. The zero-order valence-electron chi connectivity index (χ0n) is 9.78. The van der Waals surface area contributed by atoms with Crippen LogP contribution in [0.1, 0.15) is 0 Å². The van der Waals surface area contributed by atoms with E-state index in [0.29, 0.717) is 0 Å². The summed E-state index contributed by atoms with van der Waals surface area (Å²) in [6, 6.07) is 3.71. The molecule has 0 saturated carbocycles. The SMILES string of the molecule is N=C(N)C(COc1cccc([N+](=O)[O-])c1Br)C(F)(F)F. The molecule has 0 aliphatic rings. The highest BCUT2D eigenvalue weighted by Gasteiger charge is 2.42. The standard InChI is InChI=1S/C10H9BrF3N3O3/c11-8-6(17(18)19)2-1-3-7(8)20-4-5(9(15)16)10(12,13)14/h1-3,5H,4H2,(H3,15,16). The maximum Gasteiger partial charge on any atom is 0.401 e. The Labute approximate surface area is 119 Å². The van der Waals surface area contributed by atoms with Crippen molar-refractivity contribution >= 4 is 27.5 Å². The number of rotatable bonds is 5. The first-order valence-electron chi connectivity index (χ1n) is 5.11. The lowest BCUT2D eigenvalue weighted by molar-refractivity contribution is -0.385. The highest BCUT2D eigenvalue weighted by molar-refractivity contribution is 9.10. The first kappa shape index (κ1) is 16.2. The summed E-state index contributed by atoms with van der Waals surface area (Å²) in [4.78, 5) is 9.96. The molecule has 0 radical (unpaired) electrons. The average Bonchev–Trinajstić information content (AvgIpc) is 2.28. The third-order valence-electron chi connectivity index (χ3n) is 2.32. The topological polar surface area (TPSA) is 102 Å². The second-order valence-electron chi connectivity index (χ2n) is 3.71. The van der Waals surface area contributed by atoms with Crippen molar-refractivity contribution in [1.29, 1.82) is 5.41 Å². The van der Waals surface area contributed by atoms with Crippen LogP contribution in [-0.2, 0) is 0 Å². The van der Waals surface area contributed by atoms with Gasteiger partial charge in [-0.25, -0.2) is 0 Å². The molecule has 1 rings (SSSR count). The molecule has 6 nitrogen and oxygen atoms in total. The zero-order chi connectivity index (χ0) is 15.5. The van der Waals surface area contributed by atoms with Gasteiger partial charge in [0.2, 0.25) is 0 Å². The number of ether oxygens (including phenoxy) is 1. The number of halogens is 4. The van der Waals surface area contributed by atoms with Gasteiger partial charge in [0.05, 0.1) is 4.92 Å². The molecule has 0 spiro atoms. The average molecular weight is 356 g/mol. The maximum absolute atomic E-state index is 12.6. The van der Waals surface area contributed by atoms with Gasteiger partial charge in [-0.15, -0.1) is 0 Å². The Kier molecular flexibility index (Phi) is 4.93. The van der Waals surface area contributed by atoms with Crippen LogP contribution in [0.2, 0.25) is 0 Å². The summed E-state index contributed by atoms with van der Waals surface area (Å²) in [5.41, 5.74) is 4.53. The van der Waals surface area contributed by atoms with E-state index in [1.807, 2.05) is 0 Å². The van der Waals surface area contributed by atoms with Crippen LogP contribution < -0.4 is 10.5 Å². The van der Waals surface area contributed by atoms with Gasteiger partial charge in [-0.1, -0.05) is 6.07 Å². The molecule has 1 aromatic carbocycles. The highest BCUT2D eigenvalue weighted by Crippen LogP contribution is 2.35. The molecule has 1 unspecified atom stereocenters. The molecule has 0 amide bonds. The van der Waals surface area contributed by atoms with E-state index in [0.717, 1.165) is 0 Å². The Hall–Kier alpha value is -1.84. The third kappa shape index (κ3) is 3.83. The smallest absolute Gasteiger partial charge is 0.401 e. The van der Waals surface area contributed by atoms with Crippen LogP contribution >= 0.6 is 15.9 Å². The van der Waals surface area contributed by atoms with Gasteiger partial charge in [0.15, 0.2) is 0 Å². The number of alkyl halides is 3. The van der Waals surface area contributed by atoms with Crippen LogP contribution in [-0.4, -0.2) is 23.5 Å². The molecule has 1 atom stereocenters. The molecule has 3 N–H and O–H groups in total. The van der Waals surface area contributed by atoms with Crippen molar-refractivity contribution in [3.63, 3.8) is 0 Å². The van der Waals surface area contributed by atoms with Gasteiger partial charge < -0.3 is 10.5 Å². The van der Waals surface area contributed by atoms with E-state index in [1.54, 1.807) is 0 Å². The van der Waals surface area contributed by atoms with Crippen molar-refractivity contribution in [2.75, 3.05) is 6.61 Å². The molecule has 0 aliphatic carbocycles. The van der Waals surface area contributed by atoms with Gasteiger partial charge in [-0.2, -0.15) is 13.2 Å². The second kappa shape index (κ2) is 6.07. The summed E-state index contributed by atoms with van der Waals surface area (Å²) >= 11 is 2.89. The van der Waals surface area contributed by atoms with E-state index >= 15 is 0 Å². The van der Waals surface area contributed by atoms with E-state index in [2.05, 4.69) is 15.9 Å². The summed E-state index contributed by atoms with van der Waals surface area (Å²) in [6.07, 6.45) is -4.72. The monoisotopic (exact) mass is 355 g/mol. The first-order valence-corrected chi connectivity index (χ1v) is 5.90. The van der Waals surface area contributed by atoms with Gasteiger partial charge in [0, 0.05) is 6.07 Å². The molecular weight excluding hydrogens is 347 g/mol. The normalized spacial score (nSPS) is 12.8. The van der Waals surface area contributed by atoms with Gasteiger partial charge in [0.25, 0.3) is 5.69 Å². The van der Waals surface area contributed by atoms with Crippen LogP contribution in [0.3, 0.4) is 0 Å². The van der Waals surface area contributed by atoms with Crippen molar-refractivity contribution in [2.45, 2.75) is 6.18 Å². The van der Waals surface area contributed by atoms with Crippen molar-refractivity contribution < 1.29 is 22.8 Å². The fourth-order valence-electron chi connectivity index (χ4n) is 1.29. The molecule has 1 aromatic rings. The van der Waals surface area contributed by atoms with Crippen molar-refractivity contribution in [2.24, 2.45) is 11.7 Å². The van der Waals surface area contributed by atoms with Crippen molar-refractivity contribution in [3.05, 3.63) is 32.8 Å². The predicted molar refractivity (Wildman–Crippen MR) is 67.8 cm³/mol. The lowest BCUT2D eigenvalue weighted by Crippen LogP contribution is -2.39. The van der Waals surface area contributed by atoms with E-state index in [1.165, 1.54) is 18.2 Å². The third-order valence-corrected chi connectivity index (χ3v) is 3.11. The molecule has 20 heavy (non-hydrogen) atoms. The lowest BCUT2D eigenvalue weighted by Gasteiger charge is -2.19. The van der Waals surface area contributed by atoms with Gasteiger partial charge in [-0.05, 0) is 22.0 Å². The Morgan fingerprint density at radius 1 is 1.55 bits per heavy atom. The van der Waals surface area contributed by atoms with Gasteiger partial charge in [-0.3, -0.25) is 15.5 Å². The summed E-state index contributed by atoms with van der Waals surface area (Å²) in [7, 11) is 0. The molecular formula is C10H9BrF3N3O3. The number of nitro groups is 1. The van der Waals surface area contributed by atoms with Gasteiger partial charge >= 0.3 is 6.18 Å². The molecule has 0 bridgehead atoms. The molecule has 0 aliphatic heterocycles. The zero-order valence-corrected chi connectivity index (χ0v) is 11.4. The fraction of sp³-hybridized carbons (Fsp3) is 0.300. The molecule has 0 fully saturated rings. The molecule has 0 aromatic heterocycles. The van der Waals surface area contributed by atoms with Crippen LogP contribution in [0.15, 0.2) is 22.7 Å². The molecule has 110 valence electrons. The number of nitrogens with one attached hydrogen (secondary N) is 1.